The predicted molar refractivity (Wildman–Crippen MR) is 91.4 cm³/mol. The smallest absolute Gasteiger partial charge is 0.251 e. The lowest BCUT2D eigenvalue weighted by atomic mass is 9.65. The van der Waals surface area contributed by atoms with Crippen molar-refractivity contribution in [2.75, 3.05) is 25.4 Å². The number of anilines is 1. The van der Waals surface area contributed by atoms with Gasteiger partial charge >= 0.3 is 0 Å². The van der Waals surface area contributed by atoms with Crippen molar-refractivity contribution in [3.8, 4) is 0 Å². The first-order valence-electron chi connectivity index (χ1n) is 8.35. The second kappa shape index (κ2) is 4.92. The van der Waals surface area contributed by atoms with Crippen molar-refractivity contribution in [3.05, 3.63) is 23.8 Å². The van der Waals surface area contributed by atoms with Crippen LogP contribution in [0, 0.1) is 17.8 Å². The van der Waals surface area contributed by atoms with Crippen molar-refractivity contribution in [1.82, 2.24) is 15.2 Å². The number of nitrogens with one attached hydrogen (secondary N) is 1. The van der Waals surface area contributed by atoms with Crippen LogP contribution in [0.15, 0.2) is 18.2 Å². The molecule has 120 valence electrons. The van der Waals surface area contributed by atoms with E-state index in [0.29, 0.717) is 23.0 Å². The summed E-state index contributed by atoms with van der Waals surface area (Å²) < 4.78 is 0.978. The quantitative estimate of drug-likeness (QED) is 0.884. The normalized spacial score (nSPS) is 34.9. The molecule has 4 bridgehead atoms. The van der Waals surface area contributed by atoms with Crippen LogP contribution in [-0.2, 0) is 0 Å². The van der Waals surface area contributed by atoms with Crippen LogP contribution in [0.2, 0.25) is 0 Å². The summed E-state index contributed by atoms with van der Waals surface area (Å²) in [6.45, 7) is 3.59. The van der Waals surface area contributed by atoms with E-state index in [0.717, 1.165) is 34.8 Å². The molecule has 1 aliphatic carbocycles. The highest BCUT2D eigenvalue weighted by molar-refractivity contribution is 7.22. The first-order chi connectivity index (χ1) is 11.2. The van der Waals surface area contributed by atoms with E-state index in [1.54, 1.807) is 0 Å². The zero-order valence-electron chi connectivity index (χ0n) is 12.9. The summed E-state index contributed by atoms with van der Waals surface area (Å²) in [6.07, 6.45) is 2.56. The number of piperidine rings is 3. The van der Waals surface area contributed by atoms with Gasteiger partial charge in [0.05, 0.1) is 10.2 Å². The molecule has 0 spiro atoms. The van der Waals surface area contributed by atoms with Crippen LogP contribution < -0.4 is 11.1 Å². The van der Waals surface area contributed by atoms with Gasteiger partial charge in [-0.05, 0) is 48.8 Å². The Labute approximate surface area is 138 Å². The molecule has 6 heteroatoms. The van der Waals surface area contributed by atoms with Gasteiger partial charge in [0.2, 0.25) is 0 Å². The number of rotatable bonds is 2. The van der Waals surface area contributed by atoms with Gasteiger partial charge in [0.1, 0.15) is 0 Å². The van der Waals surface area contributed by atoms with E-state index in [2.05, 4.69) is 15.2 Å². The summed E-state index contributed by atoms with van der Waals surface area (Å²) in [6, 6.07) is 6.01. The van der Waals surface area contributed by atoms with Gasteiger partial charge in [-0.2, -0.15) is 0 Å². The molecular formula is C17H20N4OS. The maximum Gasteiger partial charge on any atom is 0.251 e. The van der Waals surface area contributed by atoms with Crippen LogP contribution in [0.4, 0.5) is 5.13 Å². The number of nitrogens with zero attached hydrogens (tertiary/aromatic N) is 2. The molecule has 4 fully saturated rings. The number of carbonyl (C=O) groups is 1. The SMILES string of the molecule is Nc1nc2ccc(C(=O)NC3[C@@H]4CC5C[C@H]3CN(C5)C4)cc2s1. The van der Waals surface area contributed by atoms with Crippen LogP contribution in [0.1, 0.15) is 23.2 Å². The van der Waals surface area contributed by atoms with E-state index in [9.17, 15) is 4.79 Å². The number of fused-ring (bicyclic) bond motifs is 1. The molecule has 2 aromatic rings. The minimum atomic E-state index is 0.0475. The lowest BCUT2D eigenvalue weighted by Crippen LogP contribution is -2.64. The number of thiazole rings is 1. The number of carbonyl (C=O) groups excluding carboxylic acids is 1. The third-order valence-corrected chi connectivity index (χ3v) is 6.60. The molecule has 1 saturated carbocycles. The highest BCUT2D eigenvalue weighted by Crippen LogP contribution is 2.43. The summed E-state index contributed by atoms with van der Waals surface area (Å²) >= 11 is 1.43. The van der Waals surface area contributed by atoms with Crippen LogP contribution in [0.3, 0.4) is 0 Å². The van der Waals surface area contributed by atoms with E-state index in [1.165, 1.54) is 30.7 Å². The second-order valence-corrected chi connectivity index (χ2v) is 8.37. The van der Waals surface area contributed by atoms with E-state index in [4.69, 9.17) is 5.73 Å². The van der Waals surface area contributed by atoms with Crippen molar-refractivity contribution in [2.45, 2.75) is 18.9 Å². The maximum absolute atomic E-state index is 12.7. The van der Waals surface area contributed by atoms with Gasteiger partial charge in [-0.1, -0.05) is 11.3 Å². The largest absolute Gasteiger partial charge is 0.375 e. The summed E-state index contributed by atoms with van der Waals surface area (Å²) in [4.78, 5) is 19.5. The first kappa shape index (κ1) is 13.7. The molecule has 1 aromatic carbocycles. The number of hydrogen-bond donors (Lipinski definition) is 2. The minimum absolute atomic E-state index is 0.0475. The topological polar surface area (TPSA) is 71.2 Å². The Balaban J connectivity index is 1.38. The summed E-state index contributed by atoms with van der Waals surface area (Å²) in [7, 11) is 0. The zero-order chi connectivity index (χ0) is 15.6. The highest BCUT2D eigenvalue weighted by Gasteiger charge is 2.47. The Morgan fingerprint density at radius 3 is 2.78 bits per heavy atom. The fraction of sp³-hybridized carbons (Fsp3) is 0.529. The van der Waals surface area contributed by atoms with Crippen molar-refractivity contribution in [2.24, 2.45) is 17.8 Å². The first-order valence-corrected chi connectivity index (χ1v) is 9.16. The van der Waals surface area contributed by atoms with Gasteiger partial charge in [-0.15, -0.1) is 0 Å². The molecule has 0 radical (unpaired) electrons. The molecule has 3 aliphatic heterocycles. The number of aromatic nitrogens is 1. The number of nitrogens with two attached hydrogens (primary N) is 1. The van der Waals surface area contributed by atoms with Crippen LogP contribution in [0.25, 0.3) is 10.2 Å². The molecule has 4 aliphatic rings. The molecular weight excluding hydrogens is 308 g/mol. The molecule has 1 aromatic heterocycles. The average molecular weight is 328 g/mol. The molecule has 1 amide bonds. The van der Waals surface area contributed by atoms with Crippen molar-refractivity contribution >= 4 is 32.6 Å². The molecule has 5 nitrogen and oxygen atoms in total. The molecule has 3 unspecified atom stereocenters. The van der Waals surface area contributed by atoms with E-state index >= 15 is 0 Å². The van der Waals surface area contributed by atoms with Gasteiger partial charge in [-0.3, -0.25) is 4.79 Å². The van der Waals surface area contributed by atoms with Gasteiger partial charge in [0, 0.05) is 31.2 Å². The third kappa shape index (κ3) is 2.23. The molecule has 3 saturated heterocycles. The number of amides is 1. The lowest BCUT2D eigenvalue weighted by Gasteiger charge is -2.55. The lowest BCUT2D eigenvalue weighted by molar-refractivity contribution is -0.0418. The van der Waals surface area contributed by atoms with Crippen LogP contribution >= 0.6 is 11.3 Å². The standard InChI is InChI=1S/C17H20N4OS/c18-17-19-13-2-1-10(5-14(13)23-17)16(22)20-15-11-3-9-4-12(15)8-21(6-9)7-11/h1-2,5,9,11-12,15H,3-4,6-8H2,(H2,18,19)(H,20,22)/t9?,11-,12+,15?. The summed E-state index contributed by atoms with van der Waals surface area (Å²) in [5.74, 6) is 2.17. The van der Waals surface area contributed by atoms with E-state index in [1.807, 2.05) is 18.2 Å². The number of nitrogen functional groups attached to an aromatic ring is 1. The van der Waals surface area contributed by atoms with Gasteiger partial charge in [0.25, 0.3) is 5.91 Å². The maximum atomic E-state index is 12.7. The second-order valence-electron chi connectivity index (χ2n) is 7.31. The monoisotopic (exact) mass is 328 g/mol. The number of benzene rings is 1. The Kier molecular flexibility index (Phi) is 2.94. The third-order valence-electron chi connectivity index (χ3n) is 5.75. The Morgan fingerprint density at radius 2 is 2.04 bits per heavy atom. The molecule has 6 rings (SSSR count). The molecule has 5 atom stereocenters. The van der Waals surface area contributed by atoms with E-state index in [-0.39, 0.29) is 5.91 Å². The van der Waals surface area contributed by atoms with Crippen molar-refractivity contribution < 1.29 is 4.79 Å². The number of hydrogen-bond acceptors (Lipinski definition) is 5. The molecule has 23 heavy (non-hydrogen) atoms. The van der Waals surface area contributed by atoms with Gasteiger partial charge in [0.15, 0.2) is 5.13 Å². The summed E-state index contributed by atoms with van der Waals surface area (Å²) in [5, 5.41) is 3.89. The van der Waals surface area contributed by atoms with Gasteiger partial charge < -0.3 is 16.0 Å². The Morgan fingerprint density at radius 1 is 1.26 bits per heavy atom. The fourth-order valence-corrected chi connectivity index (χ4v) is 5.74. The summed E-state index contributed by atoms with van der Waals surface area (Å²) in [5.41, 5.74) is 7.33. The minimum Gasteiger partial charge on any atom is -0.375 e. The zero-order valence-corrected chi connectivity index (χ0v) is 13.7. The Bertz CT molecular complexity index is 758. The fourth-order valence-electron chi connectivity index (χ4n) is 4.96. The van der Waals surface area contributed by atoms with Crippen LogP contribution in [-0.4, -0.2) is 41.5 Å². The van der Waals surface area contributed by atoms with Crippen molar-refractivity contribution in [1.29, 1.82) is 0 Å². The predicted octanol–water partition coefficient (Wildman–Crippen LogP) is 1.95. The highest BCUT2D eigenvalue weighted by atomic mass is 32.1. The van der Waals surface area contributed by atoms with Gasteiger partial charge in [-0.25, -0.2) is 4.98 Å². The Hall–Kier alpha value is -1.66. The molecule has 4 heterocycles. The van der Waals surface area contributed by atoms with Crippen LogP contribution in [0.5, 0.6) is 0 Å². The van der Waals surface area contributed by atoms with E-state index < -0.39 is 0 Å². The van der Waals surface area contributed by atoms with Crippen molar-refractivity contribution in [3.63, 3.8) is 0 Å². The average Bonchev–Trinajstić information content (AvgIpc) is 2.89. The molecule has 3 N–H and O–H groups in total.